The monoisotopic (exact) mass is 432 g/mol. The van der Waals surface area contributed by atoms with E-state index in [0.29, 0.717) is 18.0 Å². The molecule has 1 N–H and O–H groups in total. The summed E-state index contributed by atoms with van der Waals surface area (Å²) in [4.78, 5) is 30.1. The Kier molecular flexibility index (Phi) is 5.96. The van der Waals surface area contributed by atoms with E-state index in [1.54, 1.807) is 11.3 Å². The summed E-state index contributed by atoms with van der Waals surface area (Å²) in [6.45, 7) is 8.90. The molecule has 1 aliphatic rings. The van der Waals surface area contributed by atoms with Crippen LogP contribution in [0.5, 0.6) is 0 Å². The van der Waals surface area contributed by atoms with Gasteiger partial charge in [-0.25, -0.2) is 0 Å². The van der Waals surface area contributed by atoms with Gasteiger partial charge in [-0.2, -0.15) is 0 Å². The fourth-order valence-electron chi connectivity index (χ4n) is 4.29. The number of hydrogen-bond acceptors (Lipinski definition) is 3. The zero-order valence-electron chi connectivity index (χ0n) is 18.4. The predicted molar refractivity (Wildman–Crippen MR) is 127 cm³/mol. The molecule has 160 valence electrons. The molecule has 1 aliphatic heterocycles. The van der Waals surface area contributed by atoms with E-state index in [0.717, 1.165) is 21.7 Å². The van der Waals surface area contributed by atoms with Crippen LogP contribution in [0.4, 0.5) is 5.69 Å². The van der Waals surface area contributed by atoms with Crippen LogP contribution >= 0.6 is 11.3 Å². The molecule has 0 bridgehead atoms. The molecule has 0 saturated heterocycles. The van der Waals surface area contributed by atoms with E-state index in [1.807, 2.05) is 71.8 Å². The first-order valence-corrected chi connectivity index (χ1v) is 11.6. The van der Waals surface area contributed by atoms with E-state index in [-0.39, 0.29) is 17.9 Å². The highest BCUT2D eigenvalue weighted by molar-refractivity contribution is 7.10. The molecule has 5 heteroatoms. The van der Waals surface area contributed by atoms with Crippen molar-refractivity contribution in [2.45, 2.75) is 39.7 Å². The molecule has 4 nitrogen and oxygen atoms in total. The highest BCUT2D eigenvalue weighted by Crippen LogP contribution is 2.45. The summed E-state index contributed by atoms with van der Waals surface area (Å²) in [6, 6.07) is 17.2. The summed E-state index contributed by atoms with van der Waals surface area (Å²) in [5, 5.41) is 5.14. The predicted octanol–water partition coefficient (Wildman–Crippen LogP) is 5.94. The maximum atomic E-state index is 13.7. The lowest BCUT2D eigenvalue weighted by atomic mass is 9.81. The van der Waals surface area contributed by atoms with Gasteiger partial charge < -0.3 is 10.2 Å². The van der Waals surface area contributed by atoms with Crippen molar-refractivity contribution in [3.8, 4) is 0 Å². The van der Waals surface area contributed by atoms with Crippen molar-refractivity contribution < 1.29 is 9.59 Å². The van der Waals surface area contributed by atoms with E-state index < -0.39 is 5.92 Å². The summed E-state index contributed by atoms with van der Waals surface area (Å²) in [5.74, 6) is -0.277. The maximum Gasteiger partial charge on any atom is 0.254 e. The second-order valence-corrected chi connectivity index (χ2v) is 9.64. The fourth-order valence-corrected chi connectivity index (χ4v) is 5.16. The summed E-state index contributed by atoms with van der Waals surface area (Å²) in [5.41, 5.74) is 4.52. The number of carbonyl (C=O) groups excluding carboxylic acids is 2. The Morgan fingerprint density at radius 1 is 1.06 bits per heavy atom. The largest absolute Gasteiger partial charge is 0.329 e. The Balaban J connectivity index is 1.81. The lowest BCUT2D eigenvalue weighted by Gasteiger charge is -2.42. The first-order valence-electron chi connectivity index (χ1n) is 10.7. The summed E-state index contributed by atoms with van der Waals surface area (Å²) in [6.07, 6.45) is 0. The molecule has 4 rings (SSSR count). The van der Waals surface area contributed by atoms with Gasteiger partial charge in [0.1, 0.15) is 0 Å². The van der Waals surface area contributed by atoms with Crippen molar-refractivity contribution in [2.75, 3.05) is 11.9 Å². The van der Waals surface area contributed by atoms with Crippen LogP contribution in [0.2, 0.25) is 0 Å². The Morgan fingerprint density at radius 2 is 1.84 bits per heavy atom. The van der Waals surface area contributed by atoms with Crippen LogP contribution in [0.3, 0.4) is 0 Å². The van der Waals surface area contributed by atoms with Gasteiger partial charge in [-0.05, 0) is 66.1 Å². The second kappa shape index (κ2) is 8.67. The molecule has 0 fully saturated rings. The third-order valence-corrected chi connectivity index (χ3v) is 6.84. The van der Waals surface area contributed by atoms with Crippen LogP contribution in [-0.2, 0) is 4.79 Å². The molecule has 2 amide bonds. The van der Waals surface area contributed by atoms with E-state index in [2.05, 4.69) is 26.1 Å². The highest BCUT2D eigenvalue weighted by atomic mass is 32.1. The van der Waals surface area contributed by atoms with Crippen molar-refractivity contribution in [3.63, 3.8) is 0 Å². The smallest absolute Gasteiger partial charge is 0.254 e. The Labute approximate surface area is 187 Å². The zero-order chi connectivity index (χ0) is 22.1. The van der Waals surface area contributed by atoms with Crippen LogP contribution in [-0.4, -0.2) is 23.3 Å². The van der Waals surface area contributed by atoms with Crippen LogP contribution in [0.1, 0.15) is 57.7 Å². The van der Waals surface area contributed by atoms with Crippen molar-refractivity contribution in [3.05, 3.63) is 87.1 Å². The topological polar surface area (TPSA) is 49.4 Å². The molecule has 2 atom stereocenters. The van der Waals surface area contributed by atoms with Gasteiger partial charge in [-0.1, -0.05) is 44.2 Å². The van der Waals surface area contributed by atoms with E-state index in [4.69, 9.17) is 0 Å². The minimum Gasteiger partial charge on any atom is -0.329 e. The summed E-state index contributed by atoms with van der Waals surface area (Å²) < 4.78 is 0. The number of rotatable bonds is 5. The molecule has 3 aromatic rings. The number of nitrogens with zero attached hydrogens (tertiary/aromatic N) is 1. The first kappa shape index (κ1) is 21.3. The molecular formula is C26H28N2O2S. The molecule has 0 aliphatic carbocycles. The molecule has 31 heavy (non-hydrogen) atoms. The molecule has 0 radical (unpaired) electrons. The Morgan fingerprint density at radius 3 is 2.52 bits per heavy atom. The number of benzene rings is 2. The van der Waals surface area contributed by atoms with Gasteiger partial charge >= 0.3 is 0 Å². The first-order chi connectivity index (χ1) is 14.9. The van der Waals surface area contributed by atoms with Gasteiger partial charge in [0.25, 0.3) is 5.91 Å². The van der Waals surface area contributed by atoms with Gasteiger partial charge in [0.2, 0.25) is 5.91 Å². The minimum absolute atomic E-state index is 0.00192. The second-order valence-electron chi connectivity index (χ2n) is 8.66. The van der Waals surface area contributed by atoms with Gasteiger partial charge in [0.15, 0.2) is 0 Å². The minimum atomic E-state index is -0.479. The van der Waals surface area contributed by atoms with Gasteiger partial charge in [0, 0.05) is 22.7 Å². The third-order valence-electron chi connectivity index (χ3n) is 5.89. The lowest BCUT2D eigenvalue weighted by molar-refractivity contribution is -0.119. The van der Waals surface area contributed by atoms with Crippen molar-refractivity contribution in [2.24, 2.45) is 5.92 Å². The number of carbonyl (C=O) groups is 2. The van der Waals surface area contributed by atoms with Crippen molar-refractivity contribution in [1.29, 1.82) is 0 Å². The molecule has 2 aromatic carbocycles. The number of hydrogen-bond donors (Lipinski definition) is 1. The number of thiophene rings is 1. The lowest BCUT2D eigenvalue weighted by Crippen LogP contribution is -2.47. The fraction of sp³-hybridized carbons (Fsp3) is 0.308. The Hall–Kier alpha value is -2.92. The number of fused-ring (bicyclic) bond motifs is 1. The summed E-state index contributed by atoms with van der Waals surface area (Å²) in [7, 11) is 0. The maximum absolute atomic E-state index is 13.7. The number of anilines is 1. The molecule has 0 unspecified atom stereocenters. The number of nitrogens with one attached hydrogen (secondary N) is 1. The Bertz CT molecular complexity index is 1100. The SMILES string of the molecule is Cc1ccc(NC(=O)[C@@H]2c3ccccc3C(=O)N(CC(C)C)[C@@H]2c2cccs2)cc1C. The molecule has 0 spiro atoms. The molecule has 1 aromatic heterocycles. The standard InChI is InChI=1S/C26H28N2O2S/c1-16(2)15-28-24(22-10-7-13-31-22)23(20-8-5-6-9-21(20)26(28)30)25(29)27-19-12-11-17(3)18(4)14-19/h5-14,16,23-24H,15H2,1-4H3,(H,27,29)/t23-,24-/m1/s1. The third kappa shape index (κ3) is 4.15. The highest BCUT2D eigenvalue weighted by Gasteiger charge is 2.44. The van der Waals surface area contributed by atoms with Crippen molar-refractivity contribution in [1.82, 2.24) is 4.90 Å². The zero-order valence-corrected chi connectivity index (χ0v) is 19.2. The average Bonchev–Trinajstić information content (AvgIpc) is 3.26. The normalized spacial score (nSPS) is 18.2. The van der Waals surface area contributed by atoms with Gasteiger partial charge in [-0.15, -0.1) is 11.3 Å². The van der Waals surface area contributed by atoms with Crippen LogP contribution in [0, 0.1) is 19.8 Å². The van der Waals surface area contributed by atoms with Gasteiger partial charge in [-0.3, -0.25) is 9.59 Å². The van der Waals surface area contributed by atoms with Crippen molar-refractivity contribution >= 4 is 28.8 Å². The quantitative estimate of drug-likeness (QED) is 0.542. The molecular weight excluding hydrogens is 404 g/mol. The van der Waals surface area contributed by atoms with Crippen LogP contribution in [0.25, 0.3) is 0 Å². The number of amides is 2. The van der Waals surface area contributed by atoms with Gasteiger partial charge in [0.05, 0.1) is 12.0 Å². The van der Waals surface area contributed by atoms with E-state index >= 15 is 0 Å². The average molecular weight is 433 g/mol. The molecule has 0 saturated carbocycles. The van der Waals surface area contributed by atoms with Crippen LogP contribution in [0.15, 0.2) is 60.0 Å². The summed E-state index contributed by atoms with van der Waals surface area (Å²) >= 11 is 1.59. The van der Waals surface area contributed by atoms with Crippen LogP contribution < -0.4 is 5.32 Å². The number of aryl methyl sites for hydroxylation is 2. The van der Waals surface area contributed by atoms with E-state index in [1.165, 1.54) is 5.56 Å². The molecule has 2 heterocycles. The van der Waals surface area contributed by atoms with E-state index in [9.17, 15) is 9.59 Å².